The summed E-state index contributed by atoms with van der Waals surface area (Å²) in [7, 11) is 0. The van der Waals surface area contributed by atoms with Crippen LogP contribution in [-0.2, 0) is 17.8 Å². The molecule has 7 heteroatoms. The summed E-state index contributed by atoms with van der Waals surface area (Å²) in [5.74, 6) is 0.947. The van der Waals surface area contributed by atoms with Crippen molar-refractivity contribution >= 4 is 34.3 Å². The first-order chi connectivity index (χ1) is 12.2. The van der Waals surface area contributed by atoms with Gasteiger partial charge in [-0.2, -0.15) is 5.10 Å². The van der Waals surface area contributed by atoms with Crippen molar-refractivity contribution in [1.82, 2.24) is 14.8 Å². The van der Waals surface area contributed by atoms with Gasteiger partial charge in [0.05, 0.1) is 0 Å². The number of carbonyl (C=O) groups excluding carboxylic acids is 1. The molecular weight excluding hydrogens is 431 g/mol. The van der Waals surface area contributed by atoms with E-state index in [0.29, 0.717) is 11.6 Å². The fourth-order valence-electron chi connectivity index (χ4n) is 2.20. The highest BCUT2D eigenvalue weighted by atomic mass is 127. The van der Waals surface area contributed by atoms with Gasteiger partial charge in [0.2, 0.25) is 0 Å². The number of pyridine rings is 1. The molecule has 0 aliphatic heterocycles. The van der Waals surface area contributed by atoms with Gasteiger partial charge in [-0.15, -0.1) is 0 Å². The minimum atomic E-state index is -0.238. The van der Waals surface area contributed by atoms with E-state index < -0.39 is 0 Å². The van der Waals surface area contributed by atoms with Gasteiger partial charge in [-0.05, 0) is 71.0 Å². The average molecular weight is 448 g/mol. The number of nitrogens with one attached hydrogen (secondary N) is 1. The number of anilines is 1. The number of carbonyl (C=O) groups is 1. The van der Waals surface area contributed by atoms with E-state index >= 15 is 0 Å². The molecule has 2 heterocycles. The number of nitrogens with zero attached hydrogens (tertiary/aromatic N) is 3. The molecule has 0 radical (unpaired) electrons. The van der Waals surface area contributed by atoms with Crippen LogP contribution in [0.4, 0.5) is 5.82 Å². The molecule has 1 amide bonds. The fourth-order valence-corrected chi connectivity index (χ4v) is 2.56. The molecule has 0 atom stereocenters. The molecule has 0 unspecified atom stereocenters. The third kappa shape index (κ3) is 5.56. The second kappa shape index (κ2) is 8.61. The maximum Gasteiger partial charge on any atom is 0.263 e. The number of hydrogen-bond acceptors (Lipinski definition) is 4. The summed E-state index contributed by atoms with van der Waals surface area (Å²) in [5, 5.41) is 7.08. The van der Waals surface area contributed by atoms with E-state index in [0.717, 1.165) is 16.5 Å². The zero-order valence-corrected chi connectivity index (χ0v) is 15.6. The Morgan fingerprint density at radius 2 is 1.88 bits per heavy atom. The molecule has 0 bridgehead atoms. The van der Waals surface area contributed by atoms with E-state index in [1.54, 1.807) is 23.1 Å². The van der Waals surface area contributed by atoms with Crippen molar-refractivity contribution in [3.8, 4) is 5.75 Å². The van der Waals surface area contributed by atoms with Crippen molar-refractivity contribution in [3.63, 3.8) is 0 Å². The average Bonchev–Trinajstić information content (AvgIpc) is 3.08. The third-order valence-corrected chi connectivity index (χ3v) is 4.19. The van der Waals surface area contributed by atoms with Gasteiger partial charge in [0.15, 0.2) is 12.4 Å². The SMILES string of the molecule is O=C(COc1ccc(I)cc1)Nc1ccn(CCc2ccncc2)n1. The van der Waals surface area contributed by atoms with E-state index in [2.05, 4.69) is 38.0 Å². The first kappa shape index (κ1) is 17.4. The van der Waals surface area contributed by atoms with Crippen LogP contribution < -0.4 is 10.1 Å². The molecule has 0 aliphatic rings. The zero-order chi connectivity index (χ0) is 17.5. The number of aromatic nitrogens is 3. The summed E-state index contributed by atoms with van der Waals surface area (Å²) in [6, 6.07) is 13.3. The minimum absolute atomic E-state index is 0.0511. The van der Waals surface area contributed by atoms with Gasteiger partial charge in [-0.3, -0.25) is 14.5 Å². The largest absolute Gasteiger partial charge is 0.484 e. The third-order valence-electron chi connectivity index (χ3n) is 3.47. The number of amides is 1. The van der Waals surface area contributed by atoms with Crippen molar-refractivity contribution in [3.05, 3.63) is 70.2 Å². The summed E-state index contributed by atoms with van der Waals surface area (Å²) in [5.41, 5.74) is 1.20. The first-order valence-corrected chi connectivity index (χ1v) is 8.87. The summed E-state index contributed by atoms with van der Waals surface area (Å²) in [6.07, 6.45) is 6.25. The summed E-state index contributed by atoms with van der Waals surface area (Å²) in [6.45, 7) is 0.684. The molecule has 25 heavy (non-hydrogen) atoms. The van der Waals surface area contributed by atoms with Crippen molar-refractivity contribution in [1.29, 1.82) is 0 Å². The molecule has 0 fully saturated rings. The quantitative estimate of drug-likeness (QED) is 0.564. The molecule has 0 aliphatic carbocycles. The molecule has 0 spiro atoms. The number of rotatable bonds is 7. The molecule has 1 N–H and O–H groups in total. The molecule has 0 saturated carbocycles. The molecule has 3 aromatic rings. The van der Waals surface area contributed by atoms with Crippen LogP contribution in [0.15, 0.2) is 61.1 Å². The van der Waals surface area contributed by atoms with E-state index in [9.17, 15) is 4.79 Å². The molecule has 1 aromatic carbocycles. The first-order valence-electron chi connectivity index (χ1n) is 7.79. The second-order valence-electron chi connectivity index (χ2n) is 5.36. The zero-order valence-electron chi connectivity index (χ0n) is 13.4. The number of halogens is 1. The van der Waals surface area contributed by atoms with Crippen LogP contribution in [-0.4, -0.2) is 27.3 Å². The van der Waals surface area contributed by atoms with Gasteiger partial charge in [-0.1, -0.05) is 0 Å². The van der Waals surface area contributed by atoms with Gasteiger partial charge >= 0.3 is 0 Å². The molecule has 3 rings (SSSR count). The fraction of sp³-hybridized carbons (Fsp3) is 0.167. The predicted octanol–water partition coefficient (Wildman–Crippen LogP) is 3.14. The van der Waals surface area contributed by atoms with Gasteiger partial charge in [0.1, 0.15) is 5.75 Å². The normalized spacial score (nSPS) is 10.4. The summed E-state index contributed by atoms with van der Waals surface area (Å²) < 4.78 is 8.37. The Hall–Kier alpha value is -2.42. The van der Waals surface area contributed by atoms with E-state index in [4.69, 9.17) is 4.74 Å². The monoisotopic (exact) mass is 448 g/mol. The summed E-state index contributed by atoms with van der Waals surface area (Å²) in [4.78, 5) is 15.9. The smallest absolute Gasteiger partial charge is 0.263 e. The number of benzene rings is 1. The van der Waals surface area contributed by atoms with Crippen LogP contribution >= 0.6 is 22.6 Å². The Bertz CT molecular complexity index is 819. The topological polar surface area (TPSA) is 69.0 Å². The molecule has 0 saturated heterocycles. The highest BCUT2D eigenvalue weighted by molar-refractivity contribution is 14.1. The van der Waals surface area contributed by atoms with Crippen LogP contribution in [0.5, 0.6) is 5.75 Å². The number of ether oxygens (including phenoxy) is 1. The lowest BCUT2D eigenvalue weighted by Gasteiger charge is -2.06. The summed E-state index contributed by atoms with van der Waals surface area (Å²) >= 11 is 2.22. The predicted molar refractivity (Wildman–Crippen MR) is 103 cm³/mol. The van der Waals surface area contributed by atoms with E-state index in [1.807, 2.05) is 42.6 Å². The lowest BCUT2D eigenvalue weighted by atomic mass is 10.2. The van der Waals surface area contributed by atoms with Crippen LogP contribution in [0.25, 0.3) is 0 Å². The molecular formula is C18H17IN4O2. The minimum Gasteiger partial charge on any atom is -0.484 e. The highest BCUT2D eigenvalue weighted by Gasteiger charge is 2.06. The maximum absolute atomic E-state index is 11.9. The van der Waals surface area contributed by atoms with Crippen LogP contribution in [0.3, 0.4) is 0 Å². The lowest BCUT2D eigenvalue weighted by molar-refractivity contribution is -0.118. The number of hydrogen-bond donors (Lipinski definition) is 1. The maximum atomic E-state index is 11.9. The molecule has 6 nitrogen and oxygen atoms in total. The van der Waals surface area contributed by atoms with Gasteiger partial charge < -0.3 is 10.1 Å². The Balaban J connectivity index is 1.45. The van der Waals surface area contributed by atoms with E-state index in [1.165, 1.54) is 5.56 Å². The van der Waals surface area contributed by atoms with Crippen molar-refractivity contribution in [2.24, 2.45) is 0 Å². The number of aryl methyl sites for hydroxylation is 2. The van der Waals surface area contributed by atoms with Gasteiger partial charge in [0.25, 0.3) is 5.91 Å². The van der Waals surface area contributed by atoms with Crippen LogP contribution in [0.2, 0.25) is 0 Å². The lowest BCUT2D eigenvalue weighted by Crippen LogP contribution is -2.20. The van der Waals surface area contributed by atoms with Crippen LogP contribution in [0.1, 0.15) is 5.56 Å². The van der Waals surface area contributed by atoms with Crippen molar-refractivity contribution in [2.75, 3.05) is 11.9 Å². The standard InChI is InChI=1S/C18H17IN4O2/c19-15-1-3-16(4-2-15)25-13-18(24)21-17-8-12-23(22-17)11-7-14-5-9-20-10-6-14/h1-6,8-10,12H,7,11,13H2,(H,21,22,24). The van der Waals surface area contributed by atoms with Crippen molar-refractivity contribution < 1.29 is 9.53 Å². The van der Waals surface area contributed by atoms with Crippen molar-refractivity contribution in [2.45, 2.75) is 13.0 Å². The van der Waals surface area contributed by atoms with E-state index in [-0.39, 0.29) is 12.5 Å². The Morgan fingerprint density at radius 1 is 1.12 bits per heavy atom. The molecule has 2 aromatic heterocycles. The Morgan fingerprint density at radius 3 is 2.64 bits per heavy atom. The Kier molecular flexibility index (Phi) is 5.99. The molecule has 128 valence electrons. The second-order valence-corrected chi connectivity index (χ2v) is 6.61. The highest BCUT2D eigenvalue weighted by Crippen LogP contribution is 2.13. The van der Waals surface area contributed by atoms with Gasteiger partial charge in [-0.25, -0.2) is 0 Å². The Labute approximate surface area is 159 Å². The van der Waals surface area contributed by atoms with Gasteiger partial charge in [0, 0.05) is 34.8 Å². The van der Waals surface area contributed by atoms with Crippen LogP contribution in [0, 0.1) is 3.57 Å².